The smallest absolute Gasteiger partial charge is 0.217 e. The highest BCUT2D eigenvalue weighted by atomic mass is 32.2. The van der Waals surface area contributed by atoms with Crippen molar-refractivity contribution in [2.24, 2.45) is 5.92 Å². The Morgan fingerprint density at radius 1 is 1.11 bits per heavy atom. The average Bonchev–Trinajstić information content (AvgIpc) is 3.30. The van der Waals surface area contributed by atoms with Crippen LogP contribution >= 0.6 is 0 Å². The summed E-state index contributed by atoms with van der Waals surface area (Å²) in [7, 11) is -3.26. The van der Waals surface area contributed by atoms with Gasteiger partial charge in [-0.15, -0.1) is 0 Å². The molecular formula is C20H24FN3O3S. The number of fused-ring (bicyclic) bond motifs is 3. The minimum atomic E-state index is -3.26. The summed E-state index contributed by atoms with van der Waals surface area (Å²) in [6.45, 7) is 2.14. The molecule has 0 amide bonds. The van der Waals surface area contributed by atoms with E-state index in [-0.39, 0.29) is 17.1 Å². The molecule has 0 radical (unpaired) electrons. The zero-order valence-corrected chi connectivity index (χ0v) is 16.4. The molecule has 28 heavy (non-hydrogen) atoms. The fourth-order valence-electron chi connectivity index (χ4n) is 5.00. The predicted molar refractivity (Wildman–Crippen MR) is 103 cm³/mol. The summed E-state index contributed by atoms with van der Waals surface area (Å²) in [6, 6.07) is 5.05. The fourth-order valence-corrected chi connectivity index (χ4v) is 6.93. The van der Waals surface area contributed by atoms with Crippen LogP contribution in [0.2, 0.25) is 0 Å². The van der Waals surface area contributed by atoms with Crippen LogP contribution in [0.5, 0.6) is 0 Å². The van der Waals surface area contributed by atoms with Crippen LogP contribution < -0.4 is 0 Å². The van der Waals surface area contributed by atoms with Crippen LogP contribution in [0.4, 0.5) is 4.39 Å². The Morgan fingerprint density at radius 3 is 2.61 bits per heavy atom. The minimum Gasteiger partial charge on any atom is -0.381 e. The summed E-state index contributed by atoms with van der Waals surface area (Å²) in [6.07, 6.45) is 6.35. The first-order valence-corrected chi connectivity index (χ1v) is 11.4. The van der Waals surface area contributed by atoms with Gasteiger partial charge in [0.05, 0.1) is 29.5 Å². The molecule has 0 saturated carbocycles. The minimum absolute atomic E-state index is 0.0982. The Hall–Kier alpha value is -1.77. The predicted octanol–water partition coefficient (Wildman–Crippen LogP) is 2.81. The molecule has 3 aliphatic heterocycles. The van der Waals surface area contributed by atoms with E-state index in [1.54, 1.807) is 16.6 Å². The third-order valence-electron chi connectivity index (χ3n) is 6.47. The molecule has 0 N–H and O–H groups in total. The van der Waals surface area contributed by atoms with Crippen LogP contribution in [0.25, 0.3) is 11.3 Å². The van der Waals surface area contributed by atoms with Gasteiger partial charge in [0.2, 0.25) is 10.0 Å². The second-order valence-electron chi connectivity index (χ2n) is 7.96. The number of benzene rings is 1. The normalized spacial score (nSPS) is 24.2. The first-order chi connectivity index (χ1) is 13.6. The Bertz CT molecular complexity index is 976. The van der Waals surface area contributed by atoms with Crippen molar-refractivity contribution >= 4 is 10.0 Å². The monoisotopic (exact) mass is 405 g/mol. The zero-order valence-electron chi connectivity index (χ0n) is 15.6. The van der Waals surface area contributed by atoms with Crippen LogP contribution in [0.1, 0.15) is 37.3 Å². The van der Waals surface area contributed by atoms with Crippen LogP contribution in [0.15, 0.2) is 30.7 Å². The molecule has 0 aliphatic carbocycles. The van der Waals surface area contributed by atoms with Gasteiger partial charge in [0.15, 0.2) is 0 Å². The number of sulfonamides is 1. The van der Waals surface area contributed by atoms with Gasteiger partial charge < -0.3 is 9.30 Å². The van der Waals surface area contributed by atoms with Crippen molar-refractivity contribution in [3.8, 4) is 11.3 Å². The second-order valence-corrected chi connectivity index (χ2v) is 10.2. The molecule has 150 valence electrons. The van der Waals surface area contributed by atoms with Gasteiger partial charge >= 0.3 is 0 Å². The first-order valence-electron chi connectivity index (χ1n) is 9.94. The molecule has 5 rings (SSSR count). The highest BCUT2D eigenvalue weighted by Gasteiger charge is 2.40. The number of imidazole rings is 1. The summed E-state index contributed by atoms with van der Waals surface area (Å²) in [4.78, 5) is 4.26. The van der Waals surface area contributed by atoms with Gasteiger partial charge in [0.1, 0.15) is 5.82 Å². The molecule has 2 aromatic rings. The summed E-state index contributed by atoms with van der Waals surface area (Å²) in [5.74, 6) is 0.0605. The maximum absolute atomic E-state index is 13.8. The number of ether oxygens (including phenoxy) is 1. The van der Waals surface area contributed by atoms with Crippen LogP contribution in [0.3, 0.4) is 0 Å². The lowest BCUT2D eigenvalue weighted by molar-refractivity contribution is 0.0966. The maximum Gasteiger partial charge on any atom is 0.217 e. The van der Waals surface area contributed by atoms with Gasteiger partial charge in [0, 0.05) is 31.9 Å². The van der Waals surface area contributed by atoms with Crippen molar-refractivity contribution in [2.75, 3.05) is 26.3 Å². The van der Waals surface area contributed by atoms with Crippen molar-refractivity contribution in [3.63, 3.8) is 0 Å². The largest absolute Gasteiger partial charge is 0.381 e. The summed E-state index contributed by atoms with van der Waals surface area (Å²) in [5.41, 5.74) is 2.96. The van der Waals surface area contributed by atoms with Crippen molar-refractivity contribution in [2.45, 2.75) is 37.0 Å². The van der Waals surface area contributed by atoms with Crippen molar-refractivity contribution < 1.29 is 17.5 Å². The molecule has 0 spiro atoms. The van der Waals surface area contributed by atoms with Crippen LogP contribution in [-0.2, 0) is 14.8 Å². The van der Waals surface area contributed by atoms with E-state index in [1.165, 1.54) is 6.07 Å². The number of halogens is 1. The standard InChI is InChI=1S/C20H24FN3O3S/c21-15-1-2-17-18(11-15)19-12-22-13-24(19)20(17)14-3-7-23(8-4-14)28(25,26)16-5-9-27-10-6-16/h1-2,11-14,16,20H,3-10H2. The van der Waals surface area contributed by atoms with Crippen LogP contribution in [-0.4, -0.2) is 53.8 Å². The third-order valence-corrected chi connectivity index (χ3v) is 8.87. The first kappa shape index (κ1) is 18.3. The van der Waals surface area contributed by atoms with Crippen molar-refractivity contribution in [1.82, 2.24) is 13.9 Å². The Kier molecular flexibility index (Phi) is 4.52. The lowest BCUT2D eigenvalue weighted by Gasteiger charge is -2.37. The molecule has 4 heterocycles. The number of piperidine rings is 1. The lowest BCUT2D eigenvalue weighted by Crippen LogP contribution is -2.46. The molecule has 2 fully saturated rings. The Labute approximate surface area is 164 Å². The number of aromatic nitrogens is 2. The van der Waals surface area contributed by atoms with Crippen LogP contribution in [0, 0.1) is 11.7 Å². The highest BCUT2D eigenvalue weighted by Crippen LogP contribution is 2.46. The van der Waals surface area contributed by atoms with E-state index in [4.69, 9.17) is 4.74 Å². The van der Waals surface area contributed by atoms with Crippen molar-refractivity contribution in [1.29, 1.82) is 0 Å². The van der Waals surface area contributed by atoms with Gasteiger partial charge in [-0.05, 0) is 49.3 Å². The molecule has 1 atom stereocenters. The number of hydrogen-bond acceptors (Lipinski definition) is 4. The van der Waals surface area contributed by atoms with E-state index in [2.05, 4.69) is 9.55 Å². The van der Waals surface area contributed by atoms with Gasteiger partial charge in [-0.1, -0.05) is 6.07 Å². The summed E-state index contributed by atoms with van der Waals surface area (Å²) in [5, 5.41) is -0.312. The van der Waals surface area contributed by atoms with E-state index < -0.39 is 10.0 Å². The molecule has 1 aromatic heterocycles. The maximum atomic E-state index is 13.8. The van der Waals surface area contributed by atoms with Gasteiger partial charge in [-0.3, -0.25) is 0 Å². The topological polar surface area (TPSA) is 64.4 Å². The molecule has 1 unspecified atom stereocenters. The van der Waals surface area contributed by atoms with Gasteiger partial charge in [0.25, 0.3) is 0 Å². The molecule has 2 saturated heterocycles. The van der Waals surface area contributed by atoms with Gasteiger partial charge in [-0.2, -0.15) is 0 Å². The fraction of sp³-hybridized carbons (Fsp3) is 0.550. The molecule has 8 heteroatoms. The quantitative estimate of drug-likeness (QED) is 0.788. The highest BCUT2D eigenvalue weighted by molar-refractivity contribution is 7.89. The van der Waals surface area contributed by atoms with E-state index >= 15 is 0 Å². The molecule has 1 aromatic carbocycles. The average molecular weight is 405 g/mol. The van der Waals surface area contributed by atoms with Crippen molar-refractivity contribution in [3.05, 3.63) is 42.1 Å². The van der Waals surface area contributed by atoms with E-state index in [0.717, 1.165) is 29.7 Å². The molecule has 0 bridgehead atoms. The molecule has 6 nitrogen and oxygen atoms in total. The number of rotatable bonds is 3. The van der Waals surface area contributed by atoms with E-state index in [1.807, 2.05) is 12.4 Å². The summed E-state index contributed by atoms with van der Waals surface area (Å²) < 4.78 is 48.8. The zero-order chi connectivity index (χ0) is 19.3. The number of nitrogens with zero attached hydrogens (tertiary/aromatic N) is 3. The molecule has 3 aliphatic rings. The van der Waals surface area contributed by atoms with E-state index in [9.17, 15) is 12.8 Å². The Morgan fingerprint density at radius 2 is 1.86 bits per heavy atom. The number of hydrogen-bond donors (Lipinski definition) is 0. The van der Waals surface area contributed by atoms with Gasteiger partial charge in [-0.25, -0.2) is 22.1 Å². The second kappa shape index (κ2) is 6.93. The Balaban J connectivity index is 1.35. The summed E-state index contributed by atoms with van der Waals surface area (Å²) >= 11 is 0. The lowest BCUT2D eigenvalue weighted by atomic mass is 9.86. The SMILES string of the molecule is O=S(=O)(C1CCOCC1)N1CCC(C2c3ccc(F)cc3-c3cncn32)CC1. The molecular weight excluding hydrogens is 381 g/mol. The van der Waals surface area contributed by atoms with E-state index in [0.29, 0.717) is 45.1 Å². The third kappa shape index (κ3) is 2.89.